The van der Waals surface area contributed by atoms with E-state index in [1.165, 1.54) is 18.9 Å². The lowest BCUT2D eigenvalue weighted by Gasteiger charge is -2.47. The highest BCUT2D eigenvalue weighted by molar-refractivity contribution is 6.04. The molecule has 13 nitrogen and oxygen atoms in total. The third-order valence-electron chi connectivity index (χ3n) is 15.3. The van der Waals surface area contributed by atoms with Gasteiger partial charge in [-0.3, -0.25) is 9.59 Å². The minimum absolute atomic E-state index is 0.0247. The summed E-state index contributed by atoms with van der Waals surface area (Å²) in [6.07, 6.45) is 8.61. The van der Waals surface area contributed by atoms with Crippen molar-refractivity contribution >= 4 is 40.9 Å². The molecule has 3 unspecified atom stereocenters. The molecule has 3 N–H and O–H groups in total. The number of halogens is 3. The molecule has 2 amide bonds. The normalized spacial score (nSPS) is 27.4. The van der Waals surface area contributed by atoms with Gasteiger partial charge in [0.15, 0.2) is 28.8 Å². The summed E-state index contributed by atoms with van der Waals surface area (Å²) in [4.78, 5) is 39.8. The van der Waals surface area contributed by atoms with Gasteiger partial charge >= 0.3 is 0 Å². The Morgan fingerprint density at radius 2 is 1.45 bits per heavy atom. The molecule has 5 aliphatic carbocycles. The number of aromatic nitrogens is 2. The fraction of sp³-hybridized carbons (Fsp3) is 0.583. The number of ether oxygens (including phenoxy) is 2. The Balaban J connectivity index is 0.711. The van der Waals surface area contributed by atoms with E-state index < -0.39 is 23.4 Å². The largest absolute Gasteiger partial charge is 0.487 e. The lowest BCUT2D eigenvalue weighted by molar-refractivity contribution is -0.0379. The summed E-state index contributed by atoms with van der Waals surface area (Å²) in [6, 6.07) is 6.09. The number of methoxy groups -OCH3 is 1. The van der Waals surface area contributed by atoms with Crippen LogP contribution in [0.15, 0.2) is 33.1 Å². The number of rotatable bonds is 15. The third-order valence-corrected chi connectivity index (χ3v) is 15.3. The first kappa shape index (κ1) is 42.7. The number of carbonyl (C=O) groups excluding carboxylic acids is 2. The van der Waals surface area contributed by atoms with Gasteiger partial charge in [-0.05, 0) is 111 Å². The minimum atomic E-state index is -0.816. The van der Waals surface area contributed by atoms with E-state index >= 15 is 13.2 Å². The molecular weight excluding hydrogens is 828 g/mol. The molecule has 64 heavy (non-hydrogen) atoms. The number of anilines is 5. The Labute approximate surface area is 371 Å². The molecule has 0 radical (unpaired) electrons. The van der Waals surface area contributed by atoms with Gasteiger partial charge in [0.1, 0.15) is 22.9 Å². The van der Waals surface area contributed by atoms with Crippen molar-refractivity contribution < 1.29 is 41.1 Å². The average Bonchev–Trinajstić information content (AvgIpc) is 3.85. The standard InChI is InChI=1S/C48H58F3N7O6/c1-6-37-42(44(59)53-28-11-24(4)41(35(51)16-28)52-29-14-25-12-26(13-25)15-29)55-46(63-37)57-10-9-27(21-57)40-31-17-30(18-32(31)40)62-39-20-33(49)36(19-34(39)50)54-45(60)43-38(7-2)64-47(56-43)58-22-48(8-3,23-58)61-5/h11,16,19-20,25-27,29-32,40,52H,6-10,12-15,17-18,21-23H2,1-5H3,(H,53,59)(H,54,60). The highest BCUT2D eigenvalue weighted by atomic mass is 19.1. The molecule has 2 aromatic carbocycles. The molecule has 16 heteroatoms. The van der Waals surface area contributed by atoms with Gasteiger partial charge in [0.25, 0.3) is 23.8 Å². The van der Waals surface area contributed by atoms with Crippen LogP contribution in [0.25, 0.3) is 0 Å². The number of hydrogen-bond acceptors (Lipinski definition) is 11. The van der Waals surface area contributed by atoms with E-state index in [-0.39, 0.29) is 46.4 Å². The summed E-state index contributed by atoms with van der Waals surface area (Å²) < 4.78 is 69.9. The van der Waals surface area contributed by atoms with Gasteiger partial charge in [-0.25, -0.2) is 13.2 Å². The molecule has 2 aliphatic heterocycles. The second-order valence-electron chi connectivity index (χ2n) is 19.3. The zero-order valence-corrected chi connectivity index (χ0v) is 37.2. The molecule has 7 aliphatic rings. The topological polar surface area (TPSA) is 147 Å². The van der Waals surface area contributed by atoms with Crippen molar-refractivity contribution in [3.05, 3.63) is 70.2 Å². The maximum Gasteiger partial charge on any atom is 0.298 e. The summed E-state index contributed by atoms with van der Waals surface area (Å²) >= 11 is 0. The first-order chi connectivity index (χ1) is 30.8. The Bertz CT molecular complexity index is 2390. The third kappa shape index (κ3) is 7.87. The number of amides is 2. The van der Waals surface area contributed by atoms with Crippen LogP contribution in [0, 0.1) is 59.9 Å². The fourth-order valence-electron chi connectivity index (χ4n) is 11.7. The number of nitrogens with one attached hydrogen (secondary N) is 3. The minimum Gasteiger partial charge on any atom is -0.487 e. The number of benzene rings is 2. The van der Waals surface area contributed by atoms with Crippen molar-refractivity contribution in [1.82, 2.24) is 9.97 Å². The SMILES string of the molecule is CCc1oc(N2CCC(C3C4CC(Oc5cc(F)c(NC(=O)c6nc(N7CC(CC)(OC)C7)oc6CC)cc5F)CC43)C2)nc1C(=O)Nc1cc(C)c(NC2CC3CC(C3)C2)c(F)c1. The van der Waals surface area contributed by atoms with Gasteiger partial charge in [-0.15, -0.1) is 0 Å². The number of hydrogen-bond donors (Lipinski definition) is 3. The highest BCUT2D eigenvalue weighted by Crippen LogP contribution is 2.62. The zero-order valence-electron chi connectivity index (χ0n) is 37.2. The van der Waals surface area contributed by atoms with Crippen LogP contribution in [0.4, 0.5) is 42.3 Å². The number of fused-ring (bicyclic) bond motifs is 3. The predicted octanol–water partition coefficient (Wildman–Crippen LogP) is 9.16. The summed E-state index contributed by atoms with van der Waals surface area (Å²) in [5, 5.41) is 8.77. The van der Waals surface area contributed by atoms with E-state index in [0.29, 0.717) is 84.5 Å². The lowest BCUT2D eigenvalue weighted by Crippen LogP contribution is -2.62. The van der Waals surface area contributed by atoms with Crippen molar-refractivity contribution in [2.24, 2.45) is 35.5 Å². The maximum absolute atomic E-state index is 15.4. The van der Waals surface area contributed by atoms with E-state index in [1.54, 1.807) is 13.2 Å². The van der Waals surface area contributed by atoms with Gasteiger partial charge in [-0.1, -0.05) is 20.8 Å². The smallest absolute Gasteiger partial charge is 0.298 e. The van der Waals surface area contributed by atoms with Crippen LogP contribution in [0.2, 0.25) is 0 Å². The summed E-state index contributed by atoms with van der Waals surface area (Å²) in [7, 11) is 1.67. The second-order valence-corrected chi connectivity index (χ2v) is 19.3. The van der Waals surface area contributed by atoms with Crippen LogP contribution in [-0.4, -0.2) is 72.8 Å². The summed E-state index contributed by atoms with van der Waals surface area (Å²) in [5.74, 6) is 0.769. The number of carbonyl (C=O) groups is 2. The van der Waals surface area contributed by atoms with E-state index in [9.17, 15) is 9.59 Å². The maximum atomic E-state index is 15.4. The molecule has 3 atom stereocenters. The quantitative estimate of drug-likeness (QED) is 0.105. The van der Waals surface area contributed by atoms with Gasteiger partial charge < -0.3 is 44.1 Å². The molecule has 4 aromatic rings. The summed E-state index contributed by atoms with van der Waals surface area (Å²) in [5.41, 5.74) is 1.25. The first-order valence-corrected chi connectivity index (χ1v) is 23.2. The van der Waals surface area contributed by atoms with E-state index in [0.717, 1.165) is 81.1 Å². The Morgan fingerprint density at radius 1 is 0.812 bits per heavy atom. The van der Waals surface area contributed by atoms with Gasteiger partial charge in [-0.2, -0.15) is 9.97 Å². The Kier molecular flexibility index (Phi) is 11.1. The predicted molar refractivity (Wildman–Crippen MR) is 235 cm³/mol. The van der Waals surface area contributed by atoms with Gasteiger partial charge in [0.05, 0.1) is 30.6 Å². The second kappa shape index (κ2) is 16.6. The van der Waals surface area contributed by atoms with Crippen molar-refractivity contribution in [1.29, 1.82) is 0 Å². The van der Waals surface area contributed by atoms with Crippen molar-refractivity contribution in [2.45, 2.75) is 110 Å². The molecule has 2 bridgehead atoms. The number of aryl methyl sites for hydroxylation is 3. The molecule has 0 spiro atoms. The van der Waals surface area contributed by atoms with Crippen LogP contribution in [-0.2, 0) is 17.6 Å². The van der Waals surface area contributed by atoms with Crippen molar-refractivity contribution in [3.63, 3.8) is 0 Å². The monoisotopic (exact) mass is 885 g/mol. The fourth-order valence-corrected chi connectivity index (χ4v) is 11.7. The van der Waals surface area contributed by atoms with E-state index in [1.807, 2.05) is 32.6 Å². The zero-order chi connectivity index (χ0) is 44.6. The average molecular weight is 886 g/mol. The molecule has 2 saturated heterocycles. The van der Waals surface area contributed by atoms with Crippen LogP contribution in [0.1, 0.15) is 110 Å². The molecule has 2 aromatic heterocycles. The number of oxazole rings is 2. The molecule has 7 fully saturated rings. The van der Waals surface area contributed by atoms with E-state index in [2.05, 4.69) is 30.8 Å². The molecule has 5 saturated carbocycles. The molecule has 342 valence electrons. The molecular formula is C48H58F3N7O6. The van der Waals surface area contributed by atoms with Gasteiger partial charge in [0, 0.05) is 56.9 Å². The van der Waals surface area contributed by atoms with Crippen molar-refractivity contribution in [2.75, 3.05) is 59.0 Å². The molecule has 4 heterocycles. The van der Waals surface area contributed by atoms with Gasteiger partial charge in [0.2, 0.25) is 0 Å². The van der Waals surface area contributed by atoms with Crippen molar-refractivity contribution in [3.8, 4) is 5.75 Å². The number of nitrogens with zero attached hydrogens (tertiary/aromatic N) is 4. The first-order valence-electron chi connectivity index (χ1n) is 23.2. The highest BCUT2D eigenvalue weighted by Gasteiger charge is 2.60. The molecule has 11 rings (SSSR count). The lowest BCUT2D eigenvalue weighted by atomic mass is 9.63. The summed E-state index contributed by atoms with van der Waals surface area (Å²) in [6.45, 7) is 10.3. The Morgan fingerprint density at radius 3 is 2.06 bits per heavy atom. The van der Waals surface area contributed by atoms with Crippen LogP contribution in [0.5, 0.6) is 5.75 Å². The van der Waals surface area contributed by atoms with Crippen LogP contribution < -0.4 is 30.5 Å². The Hall–Kier alpha value is -5.25. The van der Waals surface area contributed by atoms with Crippen LogP contribution >= 0.6 is 0 Å². The van der Waals surface area contributed by atoms with Crippen LogP contribution in [0.3, 0.4) is 0 Å². The van der Waals surface area contributed by atoms with E-state index in [4.69, 9.17) is 18.3 Å².